The molecule has 3 fully saturated rings. The molecule has 3 rings (SSSR count). The second-order valence-electron chi connectivity index (χ2n) is 5.05. The third-order valence-electron chi connectivity index (χ3n) is 4.19. The van der Waals surface area contributed by atoms with E-state index in [0.717, 1.165) is 12.8 Å². The molecule has 1 spiro atoms. The van der Waals surface area contributed by atoms with E-state index in [1.807, 2.05) is 0 Å². The van der Waals surface area contributed by atoms with Crippen molar-refractivity contribution in [3.8, 4) is 0 Å². The minimum Gasteiger partial charge on any atom is -0.350 e. The summed E-state index contributed by atoms with van der Waals surface area (Å²) in [5, 5.41) is 6.82. The number of hydrogen-bond donors (Lipinski definition) is 2. The van der Waals surface area contributed by atoms with E-state index >= 15 is 0 Å². The van der Waals surface area contributed by atoms with Crippen LogP contribution in [0.25, 0.3) is 0 Å². The number of fused-ring (bicyclic) bond motifs is 1. The number of amides is 1. The molecule has 0 bridgehead atoms. The Morgan fingerprint density at radius 3 is 2.43 bits per heavy atom. The van der Waals surface area contributed by atoms with Crippen LogP contribution in [-0.4, -0.2) is 23.5 Å². The van der Waals surface area contributed by atoms with Crippen molar-refractivity contribution < 1.29 is 4.79 Å². The van der Waals surface area contributed by atoms with E-state index in [0.29, 0.717) is 12.1 Å². The van der Waals surface area contributed by atoms with E-state index in [2.05, 4.69) is 10.6 Å². The molecular weight excluding hydrogens is 176 g/mol. The SMILES string of the molecule is O=C1N[C@H]2CCCC[C@@H]2NC12CCC2. The van der Waals surface area contributed by atoms with Crippen LogP contribution < -0.4 is 10.6 Å². The van der Waals surface area contributed by atoms with Gasteiger partial charge < -0.3 is 5.32 Å². The fourth-order valence-electron chi connectivity index (χ4n) is 3.11. The van der Waals surface area contributed by atoms with Crippen molar-refractivity contribution in [3.05, 3.63) is 0 Å². The van der Waals surface area contributed by atoms with Gasteiger partial charge in [-0.1, -0.05) is 12.8 Å². The molecule has 14 heavy (non-hydrogen) atoms. The predicted octanol–water partition coefficient (Wildman–Crippen LogP) is 0.940. The summed E-state index contributed by atoms with van der Waals surface area (Å²) in [5.41, 5.74) is -0.154. The zero-order valence-corrected chi connectivity index (χ0v) is 8.51. The number of hydrogen-bond acceptors (Lipinski definition) is 2. The van der Waals surface area contributed by atoms with Crippen molar-refractivity contribution in [2.45, 2.75) is 62.6 Å². The van der Waals surface area contributed by atoms with Gasteiger partial charge in [-0.25, -0.2) is 0 Å². The first-order valence-electron chi connectivity index (χ1n) is 5.89. The third-order valence-corrected chi connectivity index (χ3v) is 4.19. The second-order valence-corrected chi connectivity index (χ2v) is 5.05. The summed E-state index contributed by atoms with van der Waals surface area (Å²) in [6, 6.07) is 0.976. The Kier molecular flexibility index (Phi) is 1.84. The fraction of sp³-hybridized carbons (Fsp3) is 0.909. The summed E-state index contributed by atoms with van der Waals surface area (Å²) in [4.78, 5) is 11.9. The molecule has 0 unspecified atom stereocenters. The number of carbonyl (C=O) groups excluding carboxylic acids is 1. The Balaban J connectivity index is 1.78. The van der Waals surface area contributed by atoms with Gasteiger partial charge in [0.1, 0.15) is 0 Å². The van der Waals surface area contributed by atoms with E-state index in [1.165, 1.54) is 32.1 Å². The molecule has 0 aromatic heterocycles. The first kappa shape index (κ1) is 8.72. The Hall–Kier alpha value is -0.570. The van der Waals surface area contributed by atoms with E-state index in [-0.39, 0.29) is 11.4 Å². The number of nitrogens with one attached hydrogen (secondary N) is 2. The normalized spacial score (nSPS) is 39.9. The Bertz CT molecular complexity index is 260. The van der Waals surface area contributed by atoms with E-state index in [9.17, 15) is 4.79 Å². The molecule has 1 aliphatic heterocycles. The van der Waals surface area contributed by atoms with E-state index in [1.54, 1.807) is 0 Å². The van der Waals surface area contributed by atoms with Crippen LogP contribution in [0.4, 0.5) is 0 Å². The fourth-order valence-corrected chi connectivity index (χ4v) is 3.11. The smallest absolute Gasteiger partial charge is 0.240 e. The largest absolute Gasteiger partial charge is 0.350 e. The van der Waals surface area contributed by atoms with E-state index in [4.69, 9.17) is 0 Å². The average molecular weight is 194 g/mol. The molecule has 0 radical (unpaired) electrons. The topological polar surface area (TPSA) is 41.1 Å². The average Bonchev–Trinajstić information content (AvgIpc) is 2.14. The molecule has 1 amide bonds. The monoisotopic (exact) mass is 194 g/mol. The lowest BCUT2D eigenvalue weighted by Crippen LogP contribution is -2.73. The van der Waals surface area contributed by atoms with Gasteiger partial charge in [0.2, 0.25) is 5.91 Å². The van der Waals surface area contributed by atoms with Crippen molar-refractivity contribution in [2.75, 3.05) is 0 Å². The van der Waals surface area contributed by atoms with Crippen molar-refractivity contribution in [1.82, 2.24) is 10.6 Å². The van der Waals surface area contributed by atoms with Crippen LogP contribution in [-0.2, 0) is 4.79 Å². The summed E-state index contributed by atoms with van der Waals surface area (Å²) >= 11 is 0. The van der Waals surface area contributed by atoms with Crippen LogP contribution in [0.2, 0.25) is 0 Å². The van der Waals surface area contributed by atoms with E-state index < -0.39 is 0 Å². The summed E-state index contributed by atoms with van der Waals surface area (Å²) in [7, 11) is 0. The first-order chi connectivity index (χ1) is 6.80. The molecule has 2 atom stereocenters. The molecule has 78 valence electrons. The maximum Gasteiger partial charge on any atom is 0.240 e. The Morgan fingerprint density at radius 2 is 1.79 bits per heavy atom. The second kappa shape index (κ2) is 2.96. The molecule has 3 aliphatic rings. The molecule has 3 nitrogen and oxygen atoms in total. The molecule has 1 heterocycles. The van der Waals surface area contributed by atoms with Gasteiger partial charge in [-0.3, -0.25) is 10.1 Å². The molecule has 2 N–H and O–H groups in total. The number of carbonyl (C=O) groups is 1. The quantitative estimate of drug-likeness (QED) is 0.602. The minimum absolute atomic E-state index is 0.154. The molecular formula is C11H18N2O. The van der Waals surface area contributed by atoms with Crippen LogP contribution >= 0.6 is 0 Å². The predicted molar refractivity (Wildman–Crippen MR) is 53.9 cm³/mol. The van der Waals surface area contributed by atoms with Crippen LogP contribution in [0.15, 0.2) is 0 Å². The highest BCUT2D eigenvalue weighted by Crippen LogP contribution is 2.37. The molecule has 2 saturated carbocycles. The minimum atomic E-state index is -0.154. The highest BCUT2D eigenvalue weighted by molar-refractivity contribution is 5.88. The summed E-state index contributed by atoms with van der Waals surface area (Å²) in [6.45, 7) is 0. The summed E-state index contributed by atoms with van der Waals surface area (Å²) < 4.78 is 0. The maximum absolute atomic E-state index is 11.9. The maximum atomic E-state index is 11.9. The lowest BCUT2D eigenvalue weighted by molar-refractivity contribution is -0.136. The van der Waals surface area contributed by atoms with Gasteiger partial charge >= 0.3 is 0 Å². The number of piperazine rings is 1. The Morgan fingerprint density at radius 1 is 1.07 bits per heavy atom. The van der Waals surface area contributed by atoms with Crippen LogP contribution in [0.3, 0.4) is 0 Å². The summed E-state index contributed by atoms with van der Waals surface area (Å²) in [6.07, 6.45) is 8.30. The lowest BCUT2D eigenvalue weighted by atomic mass is 9.72. The van der Waals surface area contributed by atoms with Crippen molar-refractivity contribution in [1.29, 1.82) is 0 Å². The standard InChI is InChI=1S/C11H18N2O/c14-10-11(6-3-7-11)13-9-5-2-1-4-8(9)12-10/h8-9,13H,1-7H2,(H,12,14)/t8-,9-/m0/s1. The first-order valence-corrected chi connectivity index (χ1v) is 5.89. The van der Waals surface area contributed by atoms with Gasteiger partial charge in [0.25, 0.3) is 0 Å². The van der Waals surface area contributed by atoms with Gasteiger partial charge in [-0.2, -0.15) is 0 Å². The zero-order valence-electron chi connectivity index (χ0n) is 8.51. The summed E-state index contributed by atoms with van der Waals surface area (Å²) in [5.74, 6) is 0.270. The van der Waals surface area contributed by atoms with Crippen molar-refractivity contribution >= 4 is 5.91 Å². The van der Waals surface area contributed by atoms with Gasteiger partial charge in [-0.05, 0) is 32.1 Å². The third kappa shape index (κ3) is 1.11. The molecule has 2 aliphatic carbocycles. The Labute approximate surface area is 84.6 Å². The van der Waals surface area contributed by atoms with Crippen LogP contribution in [0, 0.1) is 0 Å². The molecule has 1 saturated heterocycles. The van der Waals surface area contributed by atoms with Gasteiger partial charge in [0.05, 0.1) is 5.54 Å². The molecule has 3 heteroatoms. The molecule has 0 aromatic carbocycles. The van der Waals surface area contributed by atoms with Gasteiger partial charge in [-0.15, -0.1) is 0 Å². The lowest BCUT2D eigenvalue weighted by Gasteiger charge is -2.51. The van der Waals surface area contributed by atoms with Crippen LogP contribution in [0.1, 0.15) is 44.9 Å². The van der Waals surface area contributed by atoms with Gasteiger partial charge in [0.15, 0.2) is 0 Å². The highest BCUT2D eigenvalue weighted by atomic mass is 16.2. The van der Waals surface area contributed by atoms with Crippen LogP contribution in [0.5, 0.6) is 0 Å². The zero-order chi connectivity index (χ0) is 9.60. The van der Waals surface area contributed by atoms with Crippen molar-refractivity contribution in [3.63, 3.8) is 0 Å². The number of rotatable bonds is 0. The molecule has 0 aromatic rings. The van der Waals surface area contributed by atoms with Gasteiger partial charge in [0, 0.05) is 12.1 Å². The highest BCUT2D eigenvalue weighted by Gasteiger charge is 2.50. The van der Waals surface area contributed by atoms with Crippen molar-refractivity contribution in [2.24, 2.45) is 0 Å².